The van der Waals surface area contributed by atoms with Crippen molar-refractivity contribution < 1.29 is 14.7 Å². The zero-order valence-corrected chi connectivity index (χ0v) is 23.1. The fourth-order valence-electron chi connectivity index (χ4n) is 4.18. The van der Waals surface area contributed by atoms with E-state index in [0.29, 0.717) is 21.5 Å². The van der Waals surface area contributed by atoms with Crippen LogP contribution in [0.1, 0.15) is 49.2 Å². The Balaban J connectivity index is 0.000000454. The lowest BCUT2D eigenvalue weighted by Gasteiger charge is -2.30. The highest BCUT2D eigenvalue weighted by atomic mass is 32.2. The third kappa shape index (κ3) is 5.88. The van der Waals surface area contributed by atoms with Crippen molar-refractivity contribution in [1.29, 1.82) is 0 Å². The first-order chi connectivity index (χ1) is 17.2. The molecule has 1 N–H and O–H groups in total. The highest BCUT2D eigenvalue weighted by Gasteiger charge is 2.37. The monoisotopic (exact) mass is 523 g/mol. The molecule has 0 saturated carbocycles. The fraction of sp³-hybridized carbons (Fsp3) is 0.321. The molecule has 4 rings (SSSR count). The molecule has 2 heterocycles. The first-order valence-corrected chi connectivity index (χ1v) is 13.4. The Morgan fingerprint density at radius 2 is 1.72 bits per heavy atom. The minimum Gasteiger partial charge on any atom is -0.478 e. The Morgan fingerprint density at radius 1 is 1.03 bits per heavy atom. The molecule has 36 heavy (non-hydrogen) atoms. The molecular weight excluding hydrogens is 490 g/mol. The number of likely N-dealkylation sites (N-methyl/N-ethyl adjacent to an activating group) is 1. The van der Waals surface area contributed by atoms with E-state index in [1.165, 1.54) is 54.0 Å². The van der Waals surface area contributed by atoms with Gasteiger partial charge in [0.2, 0.25) is 0 Å². The van der Waals surface area contributed by atoms with E-state index >= 15 is 0 Å². The number of anilines is 2. The third-order valence-corrected chi connectivity index (χ3v) is 7.57. The molecule has 0 spiro atoms. The number of nitrogens with zero attached hydrogens (tertiary/aromatic N) is 3. The smallest absolute Gasteiger partial charge is 0.335 e. The van der Waals surface area contributed by atoms with Gasteiger partial charge < -0.3 is 14.9 Å². The molecule has 0 unspecified atom stereocenters. The number of allylic oxidation sites excluding steroid dienone is 1. The van der Waals surface area contributed by atoms with Crippen LogP contribution in [0.3, 0.4) is 0 Å². The van der Waals surface area contributed by atoms with E-state index in [2.05, 4.69) is 55.7 Å². The van der Waals surface area contributed by atoms with Gasteiger partial charge in [-0.1, -0.05) is 68.5 Å². The van der Waals surface area contributed by atoms with Crippen molar-refractivity contribution in [3.63, 3.8) is 0 Å². The standard InChI is InChI=1S/C22H18N2O3S2.C6H15N/c1-3-23-17-9-7-13(2)11-14(17)8-10-18(23)19-20(25)24(22(28)29-19)16-6-4-5-15(12-16)21(26)27;1-4-7(5-2)6-3/h4-12H,3H2,1-2H3,(H,26,27);4-6H2,1-3H3/b19-18+;. The lowest BCUT2D eigenvalue weighted by Crippen LogP contribution is -2.30. The fourth-order valence-corrected chi connectivity index (χ4v) is 5.53. The van der Waals surface area contributed by atoms with E-state index < -0.39 is 5.97 Å². The van der Waals surface area contributed by atoms with Crippen LogP contribution in [0.25, 0.3) is 6.08 Å². The minimum atomic E-state index is -1.05. The quantitative estimate of drug-likeness (QED) is 0.359. The summed E-state index contributed by atoms with van der Waals surface area (Å²) < 4.78 is 0.388. The highest BCUT2D eigenvalue weighted by Crippen LogP contribution is 2.41. The average Bonchev–Trinajstić information content (AvgIpc) is 3.18. The predicted molar refractivity (Wildman–Crippen MR) is 155 cm³/mol. The summed E-state index contributed by atoms with van der Waals surface area (Å²) in [5.41, 5.74) is 4.72. The first kappa shape index (κ1) is 27.6. The molecule has 2 aromatic rings. The number of hydrogen-bond donors (Lipinski definition) is 1. The Kier molecular flexibility index (Phi) is 9.48. The maximum absolute atomic E-state index is 13.3. The molecule has 0 aromatic heterocycles. The number of amides is 1. The number of rotatable bonds is 6. The second-order valence-corrected chi connectivity index (χ2v) is 9.98. The molecule has 1 saturated heterocycles. The van der Waals surface area contributed by atoms with Gasteiger partial charge in [-0.05, 0) is 75.5 Å². The van der Waals surface area contributed by atoms with Crippen molar-refractivity contribution in [1.82, 2.24) is 4.90 Å². The van der Waals surface area contributed by atoms with E-state index in [0.717, 1.165) is 16.9 Å². The lowest BCUT2D eigenvalue weighted by molar-refractivity contribution is -0.113. The second kappa shape index (κ2) is 12.3. The van der Waals surface area contributed by atoms with E-state index in [4.69, 9.17) is 12.2 Å². The summed E-state index contributed by atoms with van der Waals surface area (Å²) in [4.78, 5) is 31.0. The average molecular weight is 524 g/mol. The molecule has 6 nitrogen and oxygen atoms in total. The largest absolute Gasteiger partial charge is 0.478 e. The van der Waals surface area contributed by atoms with Crippen LogP contribution in [0.4, 0.5) is 11.4 Å². The van der Waals surface area contributed by atoms with Crippen molar-refractivity contribution >= 4 is 57.6 Å². The number of thioether (sulfide) groups is 1. The van der Waals surface area contributed by atoms with Gasteiger partial charge in [0.25, 0.3) is 5.91 Å². The highest BCUT2D eigenvalue weighted by molar-refractivity contribution is 8.27. The van der Waals surface area contributed by atoms with Crippen LogP contribution < -0.4 is 9.80 Å². The summed E-state index contributed by atoms with van der Waals surface area (Å²) in [6.45, 7) is 14.9. The molecule has 0 radical (unpaired) electrons. The summed E-state index contributed by atoms with van der Waals surface area (Å²) in [6, 6.07) is 12.5. The van der Waals surface area contributed by atoms with Crippen LogP contribution in [0.5, 0.6) is 0 Å². The van der Waals surface area contributed by atoms with E-state index in [-0.39, 0.29) is 11.5 Å². The number of thiocarbonyl (C=S) groups is 1. The molecule has 0 bridgehead atoms. The first-order valence-electron chi connectivity index (χ1n) is 12.2. The van der Waals surface area contributed by atoms with Gasteiger partial charge in [0.05, 0.1) is 16.9 Å². The number of hydrogen-bond acceptors (Lipinski definition) is 6. The van der Waals surface area contributed by atoms with Crippen LogP contribution in [0, 0.1) is 6.92 Å². The van der Waals surface area contributed by atoms with E-state index in [1.54, 1.807) is 12.1 Å². The van der Waals surface area contributed by atoms with Crippen molar-refractivity contribution in [2.45, 2.75) is 34.6 Å². The number of carboxylic acids is 1. The Bertz CT molecular complexity index is 1210. The van der Waals surface area contributed by atoms with E-state index in [1.807, 2.05) is 19.1 Å². The van der Waals surface area contributed by atoms with Crippen LogP contribution in [0.15, 0.2) is 59.1 Å². The van der Waals surface area contributed by atoms with Crippen LogP contribution in [0.2, 0.25) is 0 Å². The zero-order chi connectivity index (χ0) is 26.4. The maximum Gasteiger partial charge on any atom is 0.335 e. The molecule has 2 aliphatic rings. The van der Waals surface area contributed by atoms with E-state index in [9.17, 15) is 14.7 Å². The number of fused-ring (bicyclic) bond motifs is 1. The number of carbonyl (C=O) groups is 2. The van der Waals surface area contributed by atoms with Crippen LogP contribution >= 0.6 is 24.0 Å². The molecule has 1 amide bonds. The van der Waals surface area contributed by atoms with Crippen LogP contribution in [-0.4, -0.2) is 52.4 Å². The van der Waals surface area contributed by atoms with Gasteiger partial charge in [-0.3, -0.25) is 9.69 Å². The van der Waals surface area contributed by atoms with Gasteiger partial charge in [-0.2, -0.15) is 0 Å². The van der Waals surface area contributed by atoms with Gasteiger partial charge >= 0.3 is 5.97 Å². The zero-order valence-electron chi connectivity index (χ0n) is 21.4. The van der Waals surface area contributed by atoms with Gasteiger partial charge in [0.15, 0.2) is 4.32 Å². The summed E-state index contributed by atoms with van der Waals surface area (Å²) in [5, 5.41) is 9.25. The molecule has 190 valence electrons. The summed E-state index contributed by atoms with van der Waals surface area (Å²) in [6.07, 6.45) is 3.96. The number of aromatic carboxylic acids is 1. The van der Waals surface area contributed by atoms with Crippen molar-refractivity contribution in [3.8, 4) is 0 Å². The van der Waals surface area contributed by atoms with Crippen molar-refractivity contribution in [3.05, 3.63) is 75.8 Å². The molecule has 2 aliphatic heterocycles. The lowest BCUT2D eigenvalue weighted by atomic mass is 10.0. The topological polar surface area (TPSA) is 64.1 Å². The van der Waals surface area contributed by atoms with Gasteiger partial charge in [-0.15, -0.1) is 0 Å². The van der Waals surface area contributed by atoms with Gasteiger partial charge in [0, 0.05) is 12.2 Å². The predicted octanol–water partition coefficient (Wildman–Crippen LogP) is 6.17. The molecular formula is C28H33N3O3S2. The van der Waals surface area contributed by atoms with Crippen molar-refractivity contribution in [2.75, 3.05) is 36.0 Å². The minimum absolute atomic E-state index is 0.112. The SMILES string of the molecule is CCN(CC)CC.CCN1/C(=C2/SC(=S)N(c3cccc(C(=O)O)c3)C2=O)C=Cc2cc(C)ccc21. The Hall–Kier alpha value is -2.94. The Morgan fingerprint density at radius 3 is 2.31 bits per heavy atom. The molecule has 8 heteroatoms. The third-order valence-electron chi connectivity index (χ3n) is 6.20. The number of carboxylic acid groups (broad SMARTS) is 1. The number of benzene rings is 2. The molecule has 2 aromatic carbocycles. The van der Waals surface area contributed by atoms with Crippen LogP contribution in [-0.2, 0) is 4.79 Å². The number of carbonyl (C=O) groups excluding carboxylic acids is 1. The normalized spacial score (nSPS) is 16.8. The summed E-state index contributed by atoms with van der Waals surface area (Å²) in [5.74, 6) is -1.29. The number of aryl methyl sites for hydroxylation is 1. The molecule has 1 fully saturated rings. The molecule has 0 atom stereocenters. The summed E-state index contributed by atoms with van der Waals surface area (Å²) >= 11 is 6.71. The van der Waals surface area contributed by atoms with Gasteiger partial charge in [-0.25, -0.2) is 4.79 Å². The second-order valence-electron chi connectivity index (χ2n) is 8.34. The maximum atomic E-state index is 13.3. The summed E-state index contributed by atoms with van der Waals surface area (Å²) in [7, 11) is 0. The van der Waals surface area contributed by atoms with Gasteiger partial charge in [0.1, 0.15) is 4.91 Å². The van der Waals surface area contributed by atoms with Crippen molar-refractivity contribution in [2.24, 2.45) is 0 Å². The molecule has 0 aliphatic carbocycles. The Labute approximate surface area is 223 Å².